The molecule has 1 aliphatic carbocycles. The minimum absolute atomic E-state index is 0. The smallest absolute Gasteiger partial charge is 0.407 e. The van der Waals surface area contributed by atoms with E-state index >= 15 is 0 Å². The Kier molecular flexibility index (Phi) is 38.0. The van der Waals surface area contributed by atoms with Crippen LogP contribution in [-0.2, 0) is 68.5 Å². The summed E-state index contributed by atoms with van der Waals surface area (Å²) in [5, 5.41) is 41.9. The molecule has 0 unspecified atom stereocenters. The van der Waals surface area contributed by atoms with Crippen LogP contribution in [0.25, 0.3) is 11.1 Å². The van der Waals surface area contributed by atoms with Crippen molar-refractivity contribution in [1.82, 2.24) is 31.9 Å². The fourth-order valence-corrected chi connectivity index (χ4v) is 16.2. The van der Waals surface area contributed by atoms with Gasteiger partial charge in [0.05, 0.1) is 68.0 Å². The predicted molar refractivity (Wildman–Crippen MR) is 466 cm³/mol. The maximum absolute atomic E-state index is 13.9. The van der Waals surface area contributed by atoms with Gasteiger partial charge in [0.15, 0.2) is 5.78 Å². The van der Waals surface area contributed by atoms with Crippen molar-refractivity contribution in [2.75, 3.05) is 51.3 Å². The number of nitrogens with one attached hydrogen (secondary N) is 7. The number of alkyl carbamates (subject to hydrolysis) is 2. The number of unbranched alkanes of at least 4 members (excludes halogenated alkanes) is 2. The van der Waals surface area contributed by atoms with Crippen LogP contribution in [0.1, 0.15) is 197 Å². The monoisotopic (exact) mass is 1680 g/mol. The number of allylic oxidation sites excluding steroid dienone is 6. The van der Waals surface area contributed by atoms with Crippen molar-refractivity contribution in [3.05, 3.63) is 161 Å². The van der Waals surface area contributed by atoms with E-state index in [9.17, 15) is 48.6 Å². The lowest BCUT2D eigenvalue weighted by Gasteiger charge is -2.39. The molecule has 8 amide bonds. The number of amides is 8. The molecule has 13 N–H and O–H groups in total. The Balaban J connectivity index is 0.000000446. The fraction of sp³-hybridized carbons (Fsp3) is 0.596. The first-order chi connectivity index (χ1) is 57.3. The SMILES string of the molecule is C.CC(/C=C/[C@H]1O[C@H](CN)C[C@@]2(CO2)[C@@H]1O)=C\C[C@@H]1O[C@H](C)[C@H](NC(=O)/C=C\C(C)C)C[C@@H]1C.CC(/C=C/[C@H]1O[C@H](CNC(=O)OCc2ccc(NC(=O)[C@H](CCCNC(N)=O)CC(=O)[C@@H](NC(=O)CCCCCNC(=O)OCC3c4ccccc4-c4ccccc43)C(C)C)cc2)C[C@@]2(CO2)[C@@H]1O)=C\C[C@@H]1O[C@H](C)[C@H](NC(=O)/C=C\C(C)C)C[C@@H]1C. The maximum atomic E-state index is 13.9. The summed E-state index contributed by atoms with van der Waals surface area (Å²) in [5.74, 6) is -1.11. The van der Waals surface area contributed by atoms with E-state index in [1.165, 1.54) is 0 Å². The molecular weight excluding hydrogens is 1540 g/mol. The molecule has 3 aromatic carbocycles. The number of ether oxygens (including phenoxy) is 8. The zero-order valence-corrected chi connectivity index (χ0v) is 72.2. The molecule has 3 aromatic rings. The van der Waals surface area contributed by atoms with E-state index in [-0.39, 0.29) is 143 Å². The number of fused-ring (bicyclic) bond motifs is 3. The van der Waals surface area contributed by atoms with Gasteiger partial charge in [0, 0.05) is 69.4 Å². The molecule has 0 saturated carbocycles. The Bertz CT molecular complexity index is 4050. The van der Waals surface area contributed by atoms with Gasteiger partial charge in [0.25, 0.3) is 0 Å². The quantitative estimate of drug-likeness (QED) is 0.0110. The fourth-order valence-electron chi connectivity index (χ4n) is 16.2. The lowest BCUT2D eigenvalue weighted by Crippen LogP contribution is -2.52. The number of aliphatic hydroxyl groups is 2. The lowest BCUT2D eigenvalue weighted by molar-refractivity contribution is -0.131. The summed E-state index contributed by atoms with van der Waals surface area (Å²) in [4.78, 5) is 102. The predicted octanol–water partition coefficient (Wildman–Crippen LogP) is 12.1. The van der Waals surface area contributed by atoms with Crippen molar-refractivity contribution in [1.29, 1.82) is 0 Å². The highest BCUT2D eigenvalue weighted by molar-refractivity contribution is 5.97. The van der Waals surface area contributed by atoms with Crippen LogP contribution >= 0.6 is 0 Å². The zero-order valence-electron chi connectivity index (χ0n) is 72.2. The molecule has 6 fully saturated rings. The first-order valence-corrected chi connectivity index (χ1v) is 43.2. The standard InChI is InChI=1S/C67H91N7O13.C26H42N2O5.CH4/c1-41(2)22-31-60(77)73-55-34-44(6)57(86-45(55)7)29-23-43(5)24-30-58-62(78)67(40-85-67)36-49(87-58)37-71-66(82)83-38-46-25-27-48(28-26-46)72-63(79)47(16-15-33-69-64(68)80)35-56(75)61(42(3)4)74-59(76)21-9-8-14-32-70-65(81)84-39-54-52-19-12-10-17-50(52)51-18-11-13-20-53(51)54;1-16(2)6-11-24(29)28-21-12-18(4)22(32-19(21)5)9-7-17(3)8-10-23-25(30)26(15-31-26)13-20(14-27)33-23;/h10-13,17-20,22-28,30-31,41-42,44-45,47,49,54-55,57-58,61-62,78H,8-9,14-16,21,29,32-40H2,1-7H3,(H,70,81)(H,71,82)(H,72,79)(H,73,77)(H,74,76)(H3,68,69,80);6-8,10-11,16,18-23,25,30H,9,12-15,27H2,1-5H3,(H,28,29);1H4/b30-24+,31-22-,43-23+;10-8+,11-6-,17-7+;/t44-,45+,47+,49-,55+,57-,58+,61-,62+,67+;18-,19+,20-,21+,22-,23+,25+,26+;/m00./s1. The third-order valence-electron chi connectivity index (χ3n) is 23.6. The van der Waals surface area contributed by atoms with Crippen LogP contribution < -0.4 is 48.7 Å². The summed E-state index contributed by atoms with van der Waals surface area (Å²) in [7, 11) is 0. The van der Waals surface area contributed by atoms with Gasteiger partial charge in [0.2, 0.25) is 23.6 Å². The molecule has 6 heterocycles. The number of urea groups is 1. The van der Waals surface area contributed by atoms with E-state index in [0.717, 1.165) is 52.7 Å². The molecule has 0 bridgehead atoms. The van der Waals surface area contributed by atoms with Gasteiger partial charge in [-0.05, 0) is 161 Å². The van der Waals surface area contributed by atoms with Crippen molar-refractivity contribution in [3.8, 4) is 11.1 Å². The highest BCUT2D eigenvalue weighted by Crippen LogP contribution is 2.46. The number of primary amides is 1. The summed E-state index contributed by atoms with van der Waals surface area (Å²) in [6.45, 7) is 26.3. The third-order valence-corrected chi connectivity index (χ3v) is 23.6. The third kappa shape index (κ3) is 30.0. The van der Waals surface area contributed by atoms with Crippen molar-refractivity contribution in [3.63, 3.8) is 0 Å². The second kappa shape index (κ2) is 47.1. The van der Waals surface area contributed by atoms with Crippen molar-refractivity contribution >= 4 is 53.3 Å². The van der Waals surface area contributed by atoms with Gasteiger partial charge in [0.1, 0.15) is 48.8 Å². The number of hydrogen-bond acceptors (Lipinski definition) is 19. The molecule has 18 atom stereocenters. The van der Waals surface area contributed by atoms with Gasteiger partial charge in [-0.15, -0.1) is 0 Å². The molecule has 7 aliphatic rings. The number of epoxide rings is 2. The second-order valence-corrected chi connectivity index (χ2v) is 34.7. The molecule has 6 aliphatic heterocycles. The van der Waals surface area contributed by atoms with Crippen LogP contribution in [0.2, 0.25) is 0 Å². The van der Waals surface area contributed by atoms with Crippen LogP contribution in [0.4, 0.5) is 20.1 Å². The first kappa shape index (κ1) is 97.5. The number of carbonyl (C=O) groups excluding carboxylic acids is 8. The molecule has 121 heavy (non-hydrogen) atoms. The van der Waals surface area contributed by atoms with Gasteiger partial charge in [-0.2, -0.15) is 0 Å². The Morgan fingerprint density at radius 2 is 1.12 bits per heavy atom. The molecule has 27 heteroatoms. The number of aliphatic hydroxyl groups excluding tert-OH is 2. The average molecular weight is 1680 g/mol. The maximum Gasteiger partial charge on any atom is 0.407 e. The van der Waals surface area contributed by atoms with Gasteiger partial charge in [-0.1, -0.05) is 190 Å². The molecule has 666 valence electrons. The van der Waals surface area contributed by atoms with Gasteiger partial charge in [-0.25, -0.2) is 14.4 Å². The number of anilines is 1. The number of Topliss-reactive ketones (excluding diaryl/α,β-unsaturated/α-hetero) is 1. The van der Waals surface area contributed by atoms with Crippen LogP contribution in [0.3, 0.4) is 0 Å². The first-order valence-electron chi connectivity index (χ1n) is 43.2. The minimum atomic E-state index is -0.894. The van der Waals surface area contributed by atoms with Crippen molar-refractivity contribution < 1.29 is 86.5 Å². The van der Waals surface area contributed by atoms with Crippen LogP contribution in [0.15, 0.2) is 145 Å². The lowest BCUT2D eigenvalue weighted by atomic mass is 9.87. The molecule has 2 spiro atoms. The molecule has 0 radical (unpaired) electrons. The summed E-state index contributed by atoms with van der Waals surface area (Å²) < 4.78 is 47.3. The minimum Gasteiger partial charge on any atom is -0.449 e. The van der Waals surface area contributed by atoms with E-state index in [1.807, 2.05) is 130 Å². The van der Waals surface area contributed by atoms with Gasteiger partial charge >= 0.3 is 18.2 Å². The molecular formula is C94H137N9O18. The number of carbonyl (C=O) groups is 8. The highest BCUT2D eigenvalue weighted by atomic mass is 16.6. The average Bonchev–Trinajstić information content (AvgIpc) is 1.58. The number of rotatable bonds is 38. The second-order valence-electron chi connectivity index (χ2n) is 34.7. The van der Waals surface area contributed by atoms with E-state index < -0.39 is 77.8 Å². The Labute approximate surface area is 715 Å². The topological polar surface area (TPSA) is 394 Å². The molecule has 0 aromatic heterocycles. The van der Waals surface area contributed by atoms with E-state index in [2.05, 4.69) is 87.5 Å². The normalized spacial score (nSPS) is 27.5. The van der Waals surface area contributed by atoms with Gasteiger partial charge in [-0.3, -0.25) is 24.0 Å². The number of hydrogen-bond donors (Lipinski definition) is 11. The highest BCUT2D eigenvalue weighted by Gasteiger charge is 2.59. The summed E-state index contributed by atoms with van der Waals surface area (Å²) >= 11 is 0. The Morgan fingerprint density at radius 3 is 1.62 bits per heavy atom. The molecule has 6 saturated heterocycles. The molecule has 10 rings (SSSR count). The summed E-state index contributed by atoms with van der Waals surface area (Å²) in [6.07, 6.45) is 21.0. The Hall–Kier alpha value is -8.90. The largest absolute Gasteiger partial charge is 0.449 e. The van der Waals surface area contributed by atoms with Crippen molar-refractivity contribution in [2.45, 2.75) is 277 Å². The van der Waals surface area contributed by atoms with E-state index in [0.29, 0.717) is 94.3 Å². The Morgan fingerprint density at radius 1 is 0.612 bits per heavy atom. The van der Waals surface area contributed by atoms with Crippen LogP contribution in [0.5, 0.6) is 0 Å². The van der Waals surface area contributed by atoms with E-state index in [4.69, 9.17) is 49.4 Å². The summed E-state index contributed by atoms with van der Waals surface area (Å²) in [5.41, 5.74) is 17.5. The van der Waals surface area contributed by atoms with Crippen LogP contribution in [0, 0.1) is 35.5 Å². The summed E-state index contributed by atoms with van der Waals surface area (Å²) in [6, 6.07) is 21.4. The number of nitrogens with two attached hydrogens (primary N) is 2. The van der Waals surface area contributed by atoms with Crippen LogP contribution in [-0.4, -0.2) is 194 Å². The zero-order chi connectivity index (χ0) is 86.8. The van der Waals surface area contributed by atoms with Crippen molar-refractivity contribution in [2.24, 2.45) is 47.0 Å². The van der Waals surface area contributed by atoms with Gasteiger partial charge < -0.3 is 96.8 Å². The van der Waals surface area contributed by atoms with E-state index in [1.54, 1.807) is 36.4 Å². The number of ketones is 1. The number of benzene rings is 3. The molecule has 27 nitrogen and oxygen atoms in total.